The van der Waals surface area contributed by atoms with Crippen molar-refractivity contribution in [2.24, 2.45) is 5.73 Å². The topological polar surface area (TPSA) is 269 Å². The number of hydrogen-bond donors (Lipinski definition) is 4. The normalized spacial score (nSPS) is 14.8. The summed E-state index contributed by atoms with van der Waals surface area (Å²) >= 11 is 0. The van der Waals surface area contributed by atoms with Gasteiger partial charge in [0.25, 0.3) is 0 Å². The molecule has 0 saturated carbocycles. The molecule has 4 aromatic rings. The fourth-order valence-corrected chi connectivity index (χ4v) is 6.89. The number of ketones is 2. The highest BCUT2D eigenvalue weighted by molar-refractivity contribution is 7.91. The molecule has 0 aliphatic carbocycles. The summed E-state index contributed by atoms with van der Waals surface area (Å²) in [6, 6.07) is 11.4. The van der Waals surface area contributed by atoms with Crippen molar-refractivity contribution in [3.63, 3.8) is 0 Å². The van der Waals surface area contributed by atoms with Gasteiger partial charge in [0.05, 0.1) is 28.0 Å². The molecule has 4 heterocycles. The summed E-state index contributed by atoms with van der Waals surface area (Å²) < 4.78 is 61.4. The first-order valence-electron chi connectivity index (χ1n) is 20.9. The molecule has 0 unspecified atom stereocenters. The fourth-order valence-electron chi connectivity index (χ4n) is 6.18. The fraction of sp³-hybridized carbons (Fsp3) is 0.455. The molecule has 2 aliphatic heterocycles. The van der Waals surface area contributed by atoms with Crippen LogP contribution in [0.2, 0.25) is 0 Å². The first-order valence-corrected chi connectivity index (χ1v) is 22.6. The van der Waals surface area contributed by atoms with E-state index in [-0.39, 0.29) is 69.9 Å². The van der Waals surface area contributed by atoms with Crippen molar-refractivity contribution in [2.45, 2.75) is 103 Å². The molecule has 2 aliphatic rings. The smallest absolute Gasteiger partial charge is 0.410 e. The van der Waals surface area contributed by atoms with Crippen LogP contribution in [-0.2, 0) is 19.3 Å². The summed E-state index contributed by atoms with van der Waals surface area (Å²) in [5.41, 5.74) is 16.0. The van der Waals surface area contributed by atoms with E-state index < -0.39 is 49.4 Å². The Kier molecular flexibility index (Phi) is 17.4. The predicted molar refractivity (Wildman–Crippen MR) is 240 cm³/mol. The monoisotopic (exact) mass is 924 g/mol. The second kappa shape index (κ2) is 22.0. The van der Waals surface area contributed by atoms with Gasteiger partial charge in [-0.25, -0.2) is 41.7 Å². The number of anilines is 3. The molecular weight excluding hydrogens is 867 g/mol. The van der Waals surface area contributed by atoms with E-state index in [1.54, 1.807) is 15.9 Å². The molecule has 7 N–H and O–H groups in total. The van der Waals surface area contributed by atoms with Crippen LogP contribution in [-0.4, -0.2) is 117 Å². The van der Waals surface area contributed by atoms with Gasteiger partial charge in [-0.3, -0.25) is 9.59 Å². The molecular formula is C44H58F2N10O8S. The van der Waals surface area contributed by atoms with Gasteiger partial charge >= 0.3 is 12.2 Å². The Balaban J connectivity index is 0.000000230. The molecule has 352 valence electrons. The van der Waals surface area contributed by atoms with Crippen molar-refractivity contribution in [3.8, 4) is 0 Å². The lowest BCUT2D eigenvalue weighted by Gasteiger charge is -2.33. The Morgan fingerprint density at radius 3 is 1.51 bits per heavy atom. The van der Waals surface area contributed by atoms with Gasteiger partial charge in [0.2, 0.25) is 32.5 Å². The quantitative estimate of drug-likeness (QED) is 0.120. The maximum Gasteiger partial charge on any atom is 0.410 e. The second-order valence-electron chi connectivity index (χ2n) is 17.2. The highest BCUT2D eigenvalue weighted by Gasteiger charge is 2.29. The minimum atomic E-state index is -3.62. The molecule has 2 fully saturated rings. The lowest BCUT2D eigenvalue weighted by molar-refractivity contribution is 0.0197. The summed E-state index contributed by atoms with van der Waals surface area (Å²) in [6.45, 7) is 15.1. The minimum Gasteiger partial charge on any atom is -0.444 e. The van der Waals surface area contributed by atoms with Crippen LogP contribution in [0, 0.1) is 11.6 Å². The number of ether oxygens (including phenoxy) is 2. The molecule has 0 radical (unpaired) electrons. The summed E-state index contributed by atoms with van der Waals surface area (Å²) in [5, 5.41) is 2.73. The van der Waals surface area contributed by atoms with Crippen LogP contribution >= 0.6 is 0 Å². The number of sulfone groups is 1. The van der Waals surface area contributed by atoms with Crippen LogP contribution in [0.25, 0.3) is 0 Å². The third-order valence-electron chi connectivity index (χ3n) is 9.67. The third kappa shape index (κ3) is 15.1. The van der Waals surface area contributed by atoms with E-state index >= 15 is 0 Å². The lowest BCUT2D eigenvalue weighted by atomic mass is 10.0. The first kappa shape index (κ1) is 51.3. The number of nitrogens with two attached hydrogens (primary N) is 3. The molecule has 65 heavy (non-hydrogen) atoms. The number of halogens is 2. The van der Waals surface area contributed by atoms with Crippen LogP contribution in [0.4, 0.5) is 36.0 Å². The Bertz CT molecular complexity index is 2430. The number of hydrogen-bond acceptors (Lipinski definition) is 16. The van der Waals surface area contributed by atoms with Crippen LogP contribution < -0.4 is 22.5 Å². The SMILES string of the molecule is CC(C)(C)OC(=O)N1CCC(N)CC1.CC(C)(C)OC(=O)N1CCC(Nc2ncc(C(=O)c3ccccc3F)c(N)n2)CC1.CCS(=O)(=O)c1ncc(C(=O)c2ccccc2F)c(N)n1. The van der Waals surface area contributed by atoms with Crippen molar-refractivity contribution >= 4 is 51.2 Å². The Hall–Kier alpha value is -6.35. The number of piperidine rings is 2. The number of nitrogens with one attached hydrogen (secondary N) is 1. The highest BCUT2D eigenvalue weighted by atomic mass is 32.2. The van der Waals surface area contributed by atoms with E-state index in [1.807, 2.05) is 41.5 Å². The summed E-state index contributed by atoms with van der Waals surface area (Å²) in [5.74, 6) is -2.82. The molecule has 6 rings (SSSR count). The zero-order valence-corrected chi connectivity index (χ0v) is 38.5. The maximum absolute atomic E-state index is 13.9. The van der Waals surface area contributed by atoms with Crippen LogP contribution in [0.15, 0.2) is 66.1 Å². The number of nitrogens with zero attached hydrogens (tertiary/aromatic N) is 6. The third-order valence-corrected chi connectivity index (χ3v) is 11.2. The van der Waals surface area contributed by atoms with Gasteiger partial charge < -0.3 is 41.8 Å². The van der Waals surface area contributed by atoms with E-state index in [0.717, 1.165) is 38.2 Å². The van der Waals surface area contributed by atoms with Crippen molar-refractivity contribution < 1.29 is 45.9 Å². The van der Waals surface area contributed by atoms with Crippen molar-refractivity contribution in [3.05, 3.63) is 94.8 Å². The largest absolute Gasteiger partial charge is 0.444 e. The summed E-state index contributed by atoms with van der Waals surface area (Å²) in [4.78, 5) is 67.4. The molecule has 0 atom stereocenters. The van der Waals surface area contributed by atoms with Crippen molar-refractivity contribution in [2.75, 3.05) is 48.7 Å². The number of carbonyl (C=O) groups excluding carboxylic acids is 4. The Morgan fingerprint density at radius 1 is 0.692 bits per heavy atom. The number of amides is 2. The van der Waals surface area contributed by atoms with Gasteiger partial charge in [-0.15, -0.1) is 0 Å². The van der Waals surface area contributed by atoms with E-state index in [1.165, 1.54) is 49.5 Å². The van der Waals surface area contributed by atoms with Gasteiger partial charge in [0, 0.05) is 50.7 Å². The van der Waals surface area contributed by atoms with E-state index in [0.29, 0.717) is 25.9 Å². The van der Waals surface area contributed by atoms with E-state index in [2.05, 4.69) is 25.3 Å². The molecule has 0 bridgehead atoms. The van der Waals surface area contributed by atoms with Crippen LogP contribution in [0.1, 0.15) is 106 Å². The Labute approximate surface area is 377 Å². The highest BCUT2D eigenvalue weighted by Crippen LogP contribution is 2.22. The van der Waals surface area contributed by atoms with Crippen molar-refractivity contribution in [1.82, 2.24) is 29.7 Å². The number of aromatic nitrogens is 4. The van der Waals surface area contributed by atoms with Gasteiger partial charge in [-0.05, 0) is 91.5 Å². The van der Waals surface area contributed by atoms with Gasteiger partial charge in [-0.1, -0.05) is 31.2 Å². The molecule has 2 aromatic heterocycles. The average Bonchev–Trinajstić information content (AvgIpc) is 3.23. The van der Waals surface area contributed by atoms with E-state index in [4.69, 9.17) is 26.7 Å². The molecule has 0 spiro atoms. The molecule has 2 aromatic carbocycles. The average molecular weight is 925 g/mol. The van der Waals surface area contributed by atoms with Gasteiger partial charge in [0.1, 0.15) is 34.5 Å². The van der Waals surface area contributed by atoms with Gasteiger partial charge in [-0.2, -0.15) is 4.98 Å². The summed E-state index contributed by atoms with van der Waals surface area (Å²) in [6.07, 6.45) is 4.89. The number of nitrogen functional groups attached to an aromatic ring is 2. The first-order chi connectivity index (χ1) is 30.4. The maximum atomic E-state index is 13.9. The molecule has 21 heteroatoms. The number of rotatable bonds is 8. The Morgan fingerprint density at radius 2 is 1.11 bits per heavy atom. The van der Waals surface area contributed by atoms with Crippen LogP contribution in [0.3, 0.4) is 0 Å². The second-order valence-corrected chi connectivity index (χ2v) is 19.3. The molecule has 2 amide bonds. The van der Waals surface area contributed by atoms with Gasteiger partial charge in [0.15, 0.2) is 0 Å². The molecule has 18 nitrogen and oxygen atoms in total. The predicted octanol–water partition coefficient (Wildman–Crippen LogP) is 5.81. The standard InChI is InChI=1S/C21H26FN5O3.C13H12FN3O3S.C10H20N2O2/c1-21(2,3)30-20(29)27-10-8-13(9-11-27)25-19-24-12-15(18(23)26-19)17(28)14-6-4-5-7-16(14)22;1-2-21(19,20)13-16-7-9(12(15)17-13)11(18)8-5-3-4-6-10(8)14;1-10(2,3)14-9(13)12-6-4-8(11)5-7-12/h4-7,12-13H,8-11H2,1-3H3,(H3,23,24,25,26);3-7H,2H2,1H3,(H2,15,16,17);8H,4-7,11H2,1-3H3. The summed E-state index contributed by atoms with van der Waals surface area (Å²) in [7, 11) is -3.62. The number of carbonyl (C=O) groups is 4. The lowest BCUT2D eigenvalue weighted by Crippen LogP contribution is -2.44. The number of benzene rings is 2. The zero-order valence-electron chi connectivity index (χ0n) is 37.6. The van der Waals surface area contributed by atoms with Crippen molar-refractivity contribution in [1.29, 1.82) is 0 Å². The number of likely N-dealkylation sites (tertiary alicyclic amines) is 2. The molecule has 2 saturated heterocycles. The van der Waals surface area contributed by atoms with Crippen LogP contribution in [0.5, 0.6) is 0 Å². The van der Waals surface area contributed by atoms with E-state index in [9.17, 15) is 36.4 Å². The minimum absolute atomic E-state index is 0.0213. The zero-order chi connectivity index (χ0) is 48.3.